The summed E-state index contributed by atoms with van der Waals surface area (Å²) in [7, 11) is -0.549. The smallest absolute Gasteiger partial charge is 0.0744 e. The third-order valence-electron chi connectivity index (χ3n) is 2.24. The molecule has 8 heteroatoms. The molecule has 0 amide bonds. The van der Waals surface area contributed by atoms with Crippen LogP contribution in [0.1, 0.15) is 12.8 Å². The molecule has 0 aromatic carbocycles. The van der Waals surface area contributed by atoms with Crippen molar-refractivity contribution in [3.8, 4) is 0 Å². The summed E-state index contributed by atoms with van der Waals surface area (Å²) < 4.78 is 7.94. The number of nitrogens with two attached hydrogens (primary N) is 1. The number of thioether (sulfide) groups is 2. The lowest BCUT2D eigenvalue weighted by Crippen LogP contribution is -2.10. The van der Waals surface area contributed by atoms with Crippen LogP contribution in [0.2, 0.25) is 0 Å². The van der Waals surface area contributed by atoms with Crippen molar-refractivity contribution < 1.29 is 0 Å². The van der Waals surface area contributed by atoms with Gasteiger partial charge in [0.1, 0.15) is 0 Å². The molecule has 1 heterocycles. The predicted molar refractivity (Wildman–Crippen MR) is 92.1 cm³/mol. The quantitative estimate of drug-likeness (QED) is 0.515. The highest BCUT2D eigenvalue weighted by atomic mass is 32.2. The minimum atomic E-state index is -0.287. The Balaban J connectivity index is 2.55. The first kappa shape index (κ1) is 16.4. The number of rotatable bonds is 0. The van der Waals surface area contributed by atoms with Gasteiger partial charge in [-0.25, -0.2) is 0 Å². The zero-order valence-electron chi connectivity index (χ0n) is 10.2. The normalized spacial score (nSPS) is 29.4. The molecule has 0 saturated heterocycles. The van der Waals surface area contributed by atoms with Crippen molar-refractivity contribution in [1.82, 2.24) is 0 Å². The molecular formula is C10H20N4S4. The second kappa shape index (κ2) is 9.30. The molecule has 1 aliphatic heterocycles. The minimum Gasteiger partial charge on any atom is -0.298 e. The van der Waals surface area contributed by atoms with E-state index >= 15 is 0 Å². The molecule has 2 atom stereocenters. The predicted octanol–water partition coefficient (Wildman–Crippen LogP) is 2.53. The summed E-state index contributed by atoms with van der Waals surface area (Å²) in [6.07, 6.45) is 1.61. The fourth-order valence-corrected chi connectivity index (χ4v) is 5.91. The molecule has 104 valence electrons. The maximum atomic E-state index is 7.94. The van der Waals surface area contributed by atoms with Gasteiger partial charge in [0.2, 0.25) is 0 Å². The van der Waals surface area contributed by atoms with E-state index in [9.17, 15) is 0 Å². The van der Waals surface area contributed by atoms with Crippen LogP contribution in [0.5, 0.6) is 0 Å². The molecule has 0 aliphatic carbocycles. The van der Waals surface area contributed by atoms with Gasteiger partial charge in [0.15, 0.2) is 0 Å². The first-order chi connectivity index (χ1) is 8.58. The van der Waals surface area contributed by atoms with Crippen LogP contribution < -0.4 is 5.14 Å². The fourth-order valence-electron chi connectivity index (χ4n) is 1.25. The maximum absolute atomic E-state index is 7.94. The highest BCUT2D eigenvalue weighted by molar-refractivity contribution is 8.19. The van der Waals surface area contributed by atoms with Gasteiger partial charge in [-0.1, -0.05) is 0 Å². The van der Waals surface area contributed by atoms with Crippen LogP contribution in [0, 0.1) is 15.6 Å². The third-order valence-corrected chi connectivity index (χ3v) is 7.36. The summed E-state index contributed by atoms with van der Waals surface area (Å²) >= 11 is 3.00. The Hall–Kier alpha value is 0.370. The molecule has 4 nitrogen and oxygen atoms in total. The lowest BCUT2D eigenvalue weighted by molar-refractivity contribution is 1.12. The van der Waals surface area contributed by atoms with E-state index in [4.69, 9.17) is 20.7 Å². The Morgan fingerprint density at radius 1 is 1.11 bits per heavy atom. The molecule has 0 spiro atoms. The van der Waals surface area contributed by atoms with Crippen molar-refractivity contribution in [2.24, 2.45) is 5.14 Å². The Kier molecular flexibility index (Phi) is 8.49. The van der Waals surface area contributed by atoms with Gasteiger partial charge in [0.25, 0.3) is 0 Å². The number of hydrogen-bond acceptors (Lipinski definition) is 6. The van der Waals surface area contributed by atoms with Gasteiger partial charge < -0.3 is 0 Å². The molecule has 5 N–H and O–H groups in total. The molecule has 1 aliphatic rings. The maximum Gasteiger partial charge on any atom is 0.0744 e. The molecule has 0 saturated carbocycles. The summed E-state index contributed by atoms with van der Waals surface area (Å²) in [5.74, 6) is 4.21. The molecular weight excluding hydrogens is 304 g/mol. The molecule has 0 aromatic rings. The Morgan fingerprint density at radius 2 is 1.89 bits per heavy atom. The molecule has 2 unspecified atom stereocenters. The number of hydrogen-bond donors (Lipinski definition) is 4. The van der Waals surface area contributed by atoms with Crippen LogP contribution in [0.15, 0.2) is 0 Å². The van der Waals surface area contributed by atoms with E-state index in [-0.39, 0.29) is 21.4 Å². The van der Waals surface area contributed by atoms with Crippen LogP contribution >= 0.6 is 34.2 Å². The first-order valence-electron chi connectivity index (χ1n) is 5.64. The van der Waals surface area contributed by atoms with Gasteiger partial charge in [-0.2, -0.15) is 0 Å². The summed E-state index contributed by atoms with van der Waals surface area (Å²) in [5.41, 5.74) is 0. The molecule has 0 aromatic heterocycles. The average Bonchev–Trinajstić information content (AvgIpc) is 2.35. The van der Waals surface area contributed by atoms with Crippen molar-refractivity contribution >= 4 is 60.3 Å². The van der Waals surface area contributed by atoms with Crippen LogP contribution in [0.25, 0.3) is 0 Å². The van der Waals surface area contributed by atoms with E-state index in [1.807, 2.05) is 5.37 Å². The molecule has 0 fully saturated rings. The lowest BCUT2D eigenvalue weighted by Gasteiger charge is -2.09. The Morgan fingerprint density at radius 3 is 2.67 bits per heavy atom. The summed E-state index contributed by atoms with van der Waals surface area (Å²) in [4.78, 5) is 0. The van der Waals surface area contributed by atoms with Crippen LogP contribution in [-0.4, -0.2) is 44.2 Å². The van der Waals surface area contributed by atoms with E-state index in [1.165, 1.54) is 11.8 Å². The van der Waals surface area contributed by atoms with E-state index in [0.29, 0.717) is 22.3 Å². The molecule has 1 rings (SSSR count). The van der Waals surface area contributed by atoms with Crippen LogP contribution in [-0.2, 0) is 10.7 Å². The zero-order valence-corrected chi connectivity index (χ0v) is 13.5. The molecule has 0 radical (unpaired) electrons. The highest BCUT2D eigenvalue weighted by Gasteiger charge is 2.04. The minimum absolute atomic E-state index is 0.262. The van der Waals surface area contributed by atoms with E-state index in [2.05, 4.69) is 0 Å². The fraction of sp³-hybridized carbons (Fsp3) is 0.700. The van der Waals surface area contributed by atoms with Gasteiger partial charge in [-0.3, -0.25) is 20.7 Å². The monoisotopic (exact) mass is 324 g/mol. The largest absolute Gasteiger partial charge is 0.298 e. The summed E-state index contributed by atoms with van der Waals surface area (Å²) in [5, 5.41) is 24.7. The topological polar surface area (TPSA) is 97.6 Å². The first-order valence-corrected chi connectivity index (χ1v) is 10.7. The van der Waals surface area contributed by atoms with Gasteiger partial charge in [0, 0.05) is 29.4 Å². The second-order valence-corrected chi connectivity index (χ2v) is 9.52. The summed E-state index contributed by atoms with van der Waals surface area (Å²) in [6.45, 7) is 0. The number of nitrogens with one attached hydrogen (secondary N) is 3. The second-order valence-electron chi connectivity index (χ2n) is 3.78. The lowest BCUT2D eigenvalue weighted by atomic mass is 10.5. The van der Waals surface area contributed by atoms with E-state index < -0.39 is 0 Å². The van der Waals surface area contributed by atoms with Crippen LogP contribution in [0.3, 0.4) is 0 Å². The van der Waals surface area contributed by atoms with Gasteiger partial charge >= 0.3 is 0 Å². The molecule has 18 heavy (non-hydrogen) atoms. The highest BCUT2D eigenvalue weighted by Crippen LogP contribution is 2.15. The van der Waals surface area contributed by atoms with Crippen molar-refractivity contribution in [2.75, 3.05) is 28.8 Å². The van der Waals surface area contributed by atoms with Crippen molar-refractivity contribution in [3.05, 3.63) is 0 Å². The van der Waals surface area contributed by atoms with Gasteiger partial charge in [-0.05, 0) is 17.5 Å². The third kappa shape index (κ3) is 7.73. The van der Waals surface area contributed by atoms with Gasteiger partial charge in [0.05, 0.1) is 10.1 Å². The van der Waals surface area contributed by atoms with Crippen molar-refractivity contribution in [2.45, 2.75) is 12.8 Å². The summed E-state index contributed by atoms with van der Waals surface area (Å²) in [6, 6.07) is 0. The van der Waals surface area contributed by atoms with E-state index in [0.717, 1.165) is 29.4 Å². The Bertz CT molecular complexity index is 367. The van der Waals surface area contributed by atoms with Crippen LogP contribution in [0.4, 0.5) is 0 Å². The zero-order chi connectivity index (χ0) is 13.4. The molecule has 0 bridgehead atoms. The average molecular weight is 325 g/mol. The standard InChI is InChI=1S/C10H20N4S4/c11-9-2-5-18(14)7-6-17(13)4-1-3-15-10(12)8-16-9/h5,11-13H,1-4,6-8,14H2. The Labute approximate surface area is 122 Å². The van der Waals surface area contributed by atoms with E-state index in [1.54, 1.807) is 11.8 Å². The van der Waals surface area contributed by atoms with Gasteiger partial charge in [-0.15, -0.1) is 44.9 Å². The SMILES string of the molecule is N=C1CC=S(N)CCS(=N)CCCSC(=N)CS1. The van der Waals surface area contributed by atoms with Crippen molar-refractivity contribution in [1.29, 1.82) is 15.6 Å². The van der Waals surface area contributed by atoms with Crippen molar-refractivity contribution in [3.63, 3.8) is 0 Å².